The van der Waals surface area contributed by atoms with E-state index in [4.69, 9.17) is 17.3 Å². The molecule has 0 aliphatic rings. The summed E-state index contributed by atoms with van der Waals surface area (Å²) in [6.07, 6.45) is 6.47. The molecule has 0 aromatic carbocycles. The minimum Gasteiger partial charge on any atom is -0.398 e. The number of hydrogen-bond donors (Lipinski definition) is 2. The van der Waals surface area contributed by atoms with Gasteiger partial charge in [0.2, 0.25) is 0 Å². The Morgan fingerprint density at radius 1 is 1.64 bits per heavy atom. The Hall–Kier alpha value is -1.06. The Morgan fingerprint density at radius 2 is 2.43 bits per heavy atom. The maximum absolute atomic E-state index is 5.88. The number of aromatic nitrogens is 1. The smallest absolute Gasteiger partial charge is 0.138 e. The van der Waals surface area contributed by atoms with Crippen LogP contribution in [0, 0.1) is 0 Å². The van der Waals surface area contributed by atoms with E-state index >= 15 is 0 Å². The normalized spacial score (nSPS) is 11.0. The van der Waals surface area contributed by atoms with Crippen molar-refractivity contribution in [3.63, 3.8) is 0 Å². The van der Waals surface area contributed by atoms with Crippen molar-refractivity contribution >= 4 is 23.4 Å². The topological polar surface area (TPSA) is 50.9 Å². The van der Waals surface area contributed by atoms with Crippen molar-refractivity contribution in [1.29, 1.82) is 0 Å². The van der Waals surface area contributed by atoms with E-state index in [0.717, 1.165) is 18.5 Å². The van der Waals surface area contributed by atoms with Crippen LogP contribution in [-0.2, 0) is 0 Å². The number of anilines is 1. The zero-order valence-corrected chi connectivity index (χ0v) is 8.88. The molecule has 4 heteroatoms. The number of rotatable bonds is 4. The van der Waals surface area contributed by atoms with Crippen LogP contribution in [0.2, 0.25) is 5.15 Å². The Kier molecular flexibility index (Phi) is 4.43. The number of nitrogen functional groups attached to an aromatic ring is 1. The second-order valence-corrected chi connectivity index (χ2v) is 3.26. The van der Waals surface area contributed by atoms with Crippen LogP contribution in [0.15, 0.2) is 18.3 Å². The largest absolute Gasteiger partial charge is 0.398 e. The van der Waals surface area contributed by atoms with Gasteiger partial charge >= 0.3 is 0 Å². The van der Waals surface area contributed by atoms with Gasteiger partial charge in [-0.3, -0.25) is 0 Å². The number of pyridine rings is 1. The first-order valence-corrected chi connectivity index (χ1v) is 4.84. The van der Waals surface area contributed by atoms with Crippen molar-refractivity contribution in [2.75, 3.05) is 19.3 Å². The summed E-state index contributed by atoms with van der Waals surface area (Å²) in [4.78, 5) is 3.96. The highest BCUT2D eigenvalue weighted by Gasteiger charge is 2.00. The molecule has 3 nitrogen and oxygen atoms in total. The third-order valence-corrected chi connectivity index (χ3v) is 2.12. The zero-order chi connectivity index (χ0) is 10.4. The van der Waals surface area contributed by atoms with E-state index in [2.05, 4.69) is 10.3 Å². The highest BCUT2D eigenvalue weighted by Crippen LogP contribution is 2.20. The molecule has 0 saturated carbocycles. The van der Waals surface area contributed by atoms with E-state index in [1.165, 1.54) is 0 Å². The molecule has 1 rings (SSSR count). The van der Waals surface area contributed by atoms with E-state index in [1.54, 1.807) is 12.3 Å². The van der Waals surface area contributed by atoms with Gasteiger partial charge in [0.15, 0.2) is 0 Å². The van der Waals surface area contributed by atoms with Gasteiger partial charge in [0, 0.05) is 17.4 Å². The van der Waals surface area contributed by atoms with E-state index in [1.807, 2.05) is 19.2 Å². The molecule has 1 heterocycles. The van der Waals surface area contributed by atoms with Crippen LogP contribution in [0.3, 0.4) is 0 Å². The molecular formula is C10H14ClN3. The Bertz CT molecular complexity index is 303. The molecule has 0 saturated heterocycles. The minimum absolute atomic E-state index is 0.450. The molecule has 1 aromatic rings. The van der Waals surface area contributed by atoms with Gasteiger partial charge in [-0.1, -0.05) is 23.8 Å². The standard InChI is InChI=1S/C10H14ClN3/c1-13-6-3-2-4-8-9(12)5-7-14-10(8)11/h2,4-5,7,13H,3,6H2,1H3,(H2,12,14). The highest BCUT2D eigenvalue weighted by atomic mass is 35.5. The van der Waals surface area contributed by atoms with Crippen molar-refractivity contribution in [3.8, 4) is 0 Å². The number of halogens is 1. The predicted molar refractivity (Wildman–Crippen MR) is 61.2 cm³/mol. The molecular weight excluding hydrogens is 198 g/mol. The fourth-order valence-corrected chi connectivity index (χ4v) is 1.28. The fourth-order valence-electron chi connectivity index (χ4n) is 1.06. The van der Waals surface area contributed by atoms with Gasteiger partial charge < -0.3 is 11.1 Å². The van der Waals surface area contributed by atoms with Crippen molar-refractivity contribution in [3.05, 3.63) is 29.1 Å². The summed E-state index contributed by atoms with van der Waals surface area (Å²) in [6.45, 7) is 0.939. The lowest BCUT2D eigenvalue weighted by molar-refractivity contribution is 0.809. The van der Waals surface area contributed by atoms with Crippen LogP contribution in [0.1, 0.15) is 12.0 Å². The Morgan fingerprint density at radius 3 is 3.07 bits per heavy atom. The van der Waals surface area contributed by atoms with E-state index in [9.17, 15) is 0 Å². The maximum atomic E-state index is 5.88. The molecule has 0 spiro atoms. The van der Waals surface area contributed by atoms with Gasteiger partial charge in [-0.25, -0.2) is 4.98 Å². The first-order chi connectivity index (χ1) is 6.75. The second-order valence-electron chi connectivity index (χ2n) is 2.90. The van der Waals surface area contributed by atoms with Crippen molar-refractivity contribution in [1.82, 2.24) is 10.3 Å². The van der Waals surface area contributed by atoms with E-state index in [0.29, 0.717) is 10.8 Å². The molecule has 0 unspecified atom stereocenters. The lowest BCUT2D eigenvalue weighted by Gasteiger charge is -2.01. The van der Waals surface area contributed by atoms with Gasteiger partial charge in [-0.15, -0.1) is 0 Å². The van der Waals surface area contributed by atoms with Crippen LogP contribution in [-0.4, -0.2) is 18.6 Å². The molecule has 0 amide bonds. The van der Waals surface area contributed by atoms with Crippen molar-refractivity contribution in [2.24, 2.45) is 0 Å². The summed E-state index contributed by atoms with van der Waals surface area (Å²) in [7, 11) is 1.92. The molecule has 76 valence electrons. The highest BCUT2D eigenvalue weighted by molar-refractivity contribution is 6.31. The average molecular weight is 212 g/mol. The summed E-state index contributed by atoms with van der Waals surface area (Å²) in [5.41, 5.74) is 7.20. The molecule has 1 aromatic heterocycles. The van der Waals surface area contributed by atoms with E-state index in [-0.39, 0.29) is 0 Å². The number of hydrogen-bond acceptors (Lipinski definition) is 3. The lowest BCUT2D eigenvalue weighted by Crippen LogP contribution is -2.05. The molecule has 0 bridgehead atoms. The first-order valence-electron chi connectivity index (χ1n) is 4.47. The number of nitrogens with one attached hydrogen (secondary N) is 1. The third kappa shape index (κ3) is 3.01. The van der Waals surface area contributed by atoms with Gasteiger partial charge in [0.05, 0.1) is 0 Å². The molecule has 0 radical (unpaired) electrons. The summed E-state index contributed by atoms with van der Waals surface area (Å²) in [5, 5.41) is 3.50. The molecule has 0 aliphatic carbocycles. The van der Waals surface area contributed by atoms with E-state index < -0.39 is 0 Å². The number of nitrogens with zero attached hydrogens (tertiary/aromatic N) is 1. The van der Waals surface area contributed by atoms with Gasteiger partial charge in [-0.2, -0.15) is 0 Å². The van der Waals surface area contributed by atoms with Crippen LogP contribution in [0.5, 0.6) is 0 Å². The maximum Gasteiger partial charge on any atom is 0.138 e. The summed E-state index contributed by atoms with van der Waals surface area (Å²) in [5.74, 6) is 0. The Balaban J connectivity index is 2.70. The minimum atomic E-state index is 0.450. The van der Waals surface area contributed by atoms with Gasteiger partial charge in [0.25, 0.3) is 0 Å². The quantitative estimate of drug-likeness (QED) is 0.591. The van der Waals surface area contributed by atoms with Crippen molar-refractivity contribution < 1.29 is 0 Å². The van der Waals surface area contributed by atoms with Crippen LogP contribution >= 0.6 is 11.6 Å². The predicted octanol–water partition coefficient (Wildman–Crippen LogP) is 1.94. The van der Waals surface area contributed by atoms with Gasteiger partial charge in [0.1, 0.15) is 5.15 Å². The zero-order valence-electron chi connectivity index (χ0n) is 8.13. The summed E-state index contributed by atoms with van der Waals surface area (Å²) in [6, 6.07) is 1.74. The van der Waals surface area contributed by atoms with Crippen molar-refractivity contribution in [2.45, 2.75) is 6.42 Å². The average Bonchev–Trinajstić information content (AvgIpc) is 2.16. The monoisotopic (exact) mass is 211 g/mol. The van der Waals surface area contributed by atoms with Gasteiger partial charge in [-0.05, 0) is 26.1 Å². The second kappa shape index (κ2) is 5.62. The molecule has 14 heavy (non-hydrogen) atoms. The van der Waals surface area contributed by atoms with Crippen LogP contribution in [0.4, 0.5) is 5.69 Å². The summed E-state index contributed by atoms with van der Waals surface area (Å²) >= 11 is 5.88. The first kappa shape index (κ1) is 11.0. The molecule has 0 aliphatic heterocycles. The third-order valence-electron chi connectivity index (χ3n) is 1.82. The lowest BCUT2D eigenvalue weighted by atomic mass is 10.2. The molecule has 3 N–H and O–H groups in total. The Labute approximate surface area is 89.0 Å². The number of nitrogens with two attached hydrogens (primary N) is 1. The van der Waals surface area contributed by atoms with Crippen LogP contribution in [0.25, 0.3) is 6.08 Å². The molecule has 0 fully saturated rings. The fraction of sp³-hybridized carbons (Fsp3) is 0.300. The van der Waals surface area contributed by atoms with Crippen LogP contribution < -0.4 is 11.1 Å². The molecule has 0 atom stereocenters. The summed E-state index contributed by atoms with van der Waals surface area (Å²) < 4.78 is 0. The SMILES string of the molecule is CNCCC=Cc1c(N)ccnc1Cl.